The molecule has 1 unspecified atom stereocenters. The Hall–Kier alpha value is -2.73. The van der Waals surface area contributed by atoms with Crippen molar-refractivity contribution in [3.8, 4) is 0 Å². The van der Waals surface area contributed by atoms with E-state index in [1.54, 1.807) is 0 Å². The Morgan fingerprint density at radius 1 is 0.657 bits per heavy atom. The molecule has 0 fully saturated rings. The van der Waals surface area contributed by atoms with Crippen LogP contribution in [0.4, 0.5) is 0 Å². The average Bonchev–Trinajstić information content (AvgIpc) is 2.83. The first kappa shape index (κ1) is 25.4. The first-order valence-corrected chi connectivity index (χ1v) is 13.9. The van der Waals surface area contributed by atoms with Crippen LogP contribution >= 0.6 is 7.92 Å². The summed E-state index contributed by atoms with van der Waals surface area (Å²) >= 11 is 0. The van der Waals surface area contributed by atoms with Crippen LogP contribution in [0, 0.1) is 20.8 Å². The lowest BCUT2D eigenvalue weighted by molar-refractivity contribution is 0.111. The summed E-state index contributed by atoms with van der Waals surface area (Å²) in [6.07, 6.45) is 0. The molecule has 0 aliphatic carbocycles. The maximum Gasteiger partial charge on any atom is 0.0643 e. The molecule has 1 nitrogen and oxygen atoms in total. The number of rotatable bonds is 7. The summed E-state index contributed by atoms with van der Waals surface area (Å²) in [6, 6.07) is 38.0. The third-order valence-electron chi connectivity index (χ3n) is 6.66. The molecular weight excluding hydrogens is 441 g/mol. The van der Waals surface area contributed by atoms with Crippen LogP contribution in [0.3, 0.4) is 0 Å². The zero-order chi connectivity index (χ0) is 25.0. The Labute approximate surface area is 213 Å². The van der Waals surface area contributed by atoms with E-state index in [1.165, 1.54) is 38.4 Å². The second-order valence-electron chi connectivity index (χ2n) is 10.5. The standard InChI is InChI=1S/C33H38NP/c1-25-22-26(2)31(27(3)23-25)32(34(33(4,5)6)24-28-16-10-7-11-17-28)35(29-18-12-8-13-19-29)30-20-14-9-15-21-30/h7-23,32H,24H2,1-6H3. The lowest BCUT2D eigenvalue weighted by Gasteiger charge is -2.46. The Balaban J connectivity index is 2.01. The minimum atomic E-state index is -0.707. The molecule has 0 aliphatic heterocycles. The minimum absolute atomic E-state index is 0.0333. The minimum Gasteiger partial charge on any atom is -0.283 e. The molecule has 0 amide bonds. The third kappa shape index (κ3) is 5.92. The second kappa shape index (κ2) is 10.9. The van der Waals surface area contributed by atoms with E-state index in [0.29, 0.717) is 0 Å². The van der Waals surface area contributed by atoms with E-state index < -0.39 is 7.92 Å². The molecule has 1 atom stereocenters. The molecule has 0 aromatic heterocycles. The van der Waals surface area contributed by atoms with Gasteiger partial charge in [-0.1, -0.05) is 109 Å². The van der Waals surface area contributed by atoms with Gasteiger partial charge < -0.3 is 0 Å². The van der Waals surface area contributed by atoms with Crippen molar-refractivity contribution in [2.45, 2.75) is 59.4 Å². The predicted molar refractivity (Wildman–Crippen MR) is 154 cm³/mol. The molecule has 0 saturated carbocycles. The SMILES string of the molecule is Cc1cc(C)c(C(N(Cc2ccccc2)C(C)(C)C)P(c2ccccc2)c2ccccc2)c(C)c1. The van der Waals surface area contributed by atoms with Crippen LogP contribution in [0.25, 0.3) is 0 Å². The van der Waals surface area contributed by atoms with Crippen molar-refractivity contribution in [2.75, 3.05) is 0 Å². The van der Waals surface area contributed by atoms with Gasteiger partial charge in [0.05, 0.1) is 5.78 Å². The van der Waals surface area contributed by atoms with Gasteiger partial charge in [0.15, 0.2) is 0 Å². The van der Waals surface area contributed by atoms with Crippen LogP contribution < -0.4 is 10.6 Å². The van der Waals surface area contributed by atoms with E-state index in [0.717, 1.165) is 6.54 Å². The number of hydrogen-bond donors (Lipinski definition) is 0. The van der Waals surface area contributed by atoms with Gasteiger partial charge in [0, 0.05) is 12.1 Å². The fourth-order valence-corrected chi connectivity index (χ4v) is 8.32. The third-order valence-corrected chi connectivity index (χ3v) is 9.40. The highest BCUT2D eigenvalue weighted by Gasteiger charge is 2.38. The summed E-state index contributed by atoms with van der Waals surface area (Å²) < 4.78 is 0. The Morgan fingerprint density at radius 2 is 1.09 bits per heavy atom. The van der Waals surface area contributed by atoms with Crippen LogP contribution in [0.2, 0.25) is 0 Å². The van der Waals surface area contributed by atoms with Crippen LogP contribution in [0.5, 0.6) is 0 Å². The molecule has 4 aromatic carbocycles. The van der Waals surface area contributed by atoms with Crippen molar-refractivity contribution in [3.63, 3.8) is 0 Å². The molecular formula is C33H38NP. The number of aryl methyl sites for hydroxylation is 3. The van der Waals surface area contributed by atoms with Crippen molar-refractivity contribution in [1.82, 2.24) is 4.90 Å². The summed E-state index contributed by atoms with van der Waals surface area (Å²) in [6.45, 7) is 14.8. The first-order valence-electron chi connectivity index (χ1n) is 12.5. The van der Waals surface area contributed by atoms with E-state index in [4.69, 9.17) is 0 Å². The largest absolute Gasteiger partial charge is 0.283 e. The van der Waals surface area contributed by atoms with Crippen LogP contribution in [-0.2, 0) is 6.54 Å². The zero-order valence-corrected chi connectivity index (χ0v) is 22.9. The summed E-state index contributed by atoms with van der Waals surface area (Å²) in [5.41, 5.74) is 6.89. The average molecular weight is 480 g/mol. The van der Waals surface area contributed by atoms with Gasteiger partial charge in [-0.15, -0.1) is 0 Å². The number of benzene rings is 4. The monoisotopic (exact) mass is 479 g/mol. The predicted octanol–water partition coefficient (Wildman–Crippen LogP) is 8.04. The van der Waals surface area contributed by atoms with E-state index in [2.05, 4.69) is 150 Å². The molecule has 0 spiro atoms. The molecule has 35 heavy (non-hydrogen) atoms. The van der Waals surface area contributed by atoms with Gasteiger partial charge in [0.25, 0.3) is 0 Å². The van der Waals surface area contributed by atoms with Gasteiger partial charge in [-0.2, -0.15) is 0 Å². The summed E-state index contributed by atoms with van der Waals surface area (Å²) in [5, 5.41) is 2.83. The summed E-state index contributed by atoms with van der Waals surface area (Å²) in [5.74, 6) is 0.232. The Morgan fingerprint density at radius 3 is 1.51 bits per heavy atom. The Kier molecular flexibility index (Phi) is 7.90. The molecule has 2 heteroatoms. The molecule has 0 saturated heterocycles. The topological polar surface area (TPSA) is 3.24 Å². The van der Waals surface area contributed by atoms with E-state index in [1.807, 2.05) is 0 Å². The van der Waals surface area contributed by atoms with E-state index in [-0.39, 0.29) is 11.3 Å². The van der Waals surface area contributed by atoms with Crippen molar-refractivity contribution in [3.05, 3.63) is 131 Å². The molecule has 4 aromatic rings. The maximum absolute atomic E-state index is 2.75. The highest BCUT2D eigenvalue weighted by atomic mass is 31.1. The smallest absolute Gasteiger partial charge is 0.0643 e. The lowest BCUT2D eigenvalue weighted by Crippen LogP contribution is -2.45. The summed E-state index contributed by atoms with van der Waals surface area (Å²) in [4.78, 5) is 2.75. The van der Waals surface area contributed by atoms with E-state index >= 15 is 0 Å². The van der Waals surface area contributed by atoms with Crippen LogP contribution in [0.15, 0.2) is 103 Å². The maximum atomic E-state index is 2.75. The molecule has 0 N–H and O–H groups in total. The molecule has 4 rings (SSSR count). The van der Waals surface area contributed by atoms with Crippen molar-refractivity contribution in [2.24, 2.45) is 0 Å². The molecule has 0 aliphatic rings. The van der Waals surface area contributed by atoms with Crippen molar-refractivity contribution in [1.29, 1.82) is 0 Å². The van der Waals surface area contributed by atoms with Crippen LogP contribution in [0.1, 0.15) is 54.4 Å². The van der Waals surface area contributed by atoms with Gasteiger partial charge in [-0.05, 0) is 82.3 Å². The summed E-state index contributed by atoms with van der Waals surface area (Å²) in [7, 11) is -0.707. The van der Waals surface area contributed by atoms with Gasteiger partial charge in [-0.3, -0.25) is 4.90 Å². The van der Waals surface area contributed by atoms with Gasteiger partial charge in [0.1, 0.15) is 0 Å². The number of hydrogen-bond acceptors (Lipinski definition) is 1. The first-order chi connectivity index (χ1) is 16.8. The van der Waals surface area contributed by atoms with Crippen molar-refractivity contribution >= 4 is 18.5 Å². The zero-order valence-electron chi connectivity index (χ0n) is 22.0. The quantitative estimate of drug-likeness (QED) is 0.242. The van der Waals surface area contributed by atoms with Gasteiger partial charge in [0.2, 0.25) is 0 Å². The highest BCUT2D eigenvalue weighted by molar-refractivity contribution is 7.73. The highest BCUT2D eigenvalue weighted by Crippen LogP contribution is 2.55. The fourth-order valence-electron chi connectivity index (χ4n) is 5.10. The van der Waals surface area contributed by atoms with Crippen molar-refractivity contribution < 1.29 is 0 Å². The Bertz CT molecular complexity index is 1160. The molecule has 180 valence electrons. The molecule has 0 radical (unpaired) electrons. The number of nitrogens with zero attached hydrogens (tertiary/aromatic N) is 1. The van der Waals surface area contributed by atoms with Crippen LogP contribution in [-0.4, -0.2) is 10.4 Å². The van der Waals surface area contributed by atoms with Gasteiger partial charge >= 0.3 is 0 Å². The second-order valence-corrected chi connectivity index (χ2v) is 12.8. The van der Waals surface area contributed by atoms with E-state index in [9.17, 15) is 0 Å². The lowest BCUT2D eigenvalue weighted by atomic mass is 9.96. The molecule has 0 heterocycles. The van der Waals surface area contributed by atoms with Gasteiger partial charge in [-0.25, -0.2) is 0 Å². The fraction of sp³-hybridized carbons (Fsp3) is 0.273. The molecule has 0 bridgehead atoms. The normalized spacial score (nSPS) is 12.8.